The Morgan fingerprint density at radius 2 is 1.93 bits per heavy atom. The Labute approximate surface area is 170 Å². The molecule has 29 heavy (non-hydrogen) atoms. The maximum atomic E-state index is 11.9. The Balaban J connectivity index is 1.56. The minimum atomic E-state index is -3.35. The molecule has 0 fully saturated rings. The first-order valence-electron chi connectivity index (χ1n) is 9.55. The van der Waals surface area contributed by atoms with E-state index in [0.717, 1.165) is 24.8 Å². The molecule has 1 atom stereocenters. The first kappa shape index (κ1) is 19.6. The summed E-state index contributed by atoms with van der Waals surface area (Å²) in [7, 11) is -1.89. The molecule has 0 N–H and O–H groups in total. The molecule has 0 radical (unpaired) electrons. The first-order chi connectivity index (χ1) is 13.8. The van der Waals surface area contributed by atoms with E-state index in [1.165, 1.54) is 24.5 Å². The summed E-state index contributed by atoms with van der Waals surface area (Å²) in [5.41, 5.74) is 3.41. The topological polar surface area (TPSA) is 82.3 Å². The highest BCUT2D eigenvalue weighted by atomic mass is 32.2. The van der Waals surface area contributed by atoms with E-state index in [1.807, 2.05) is 0 Å². The number of rotatable bonds is 5. The van der Waals surface area contributed by atoms with Crippen LogP contribution in [0.15, 0.2) is 51.9 Å². The second-order valence-electron chi connectivity index (χ2n) is 7.96. The molecule has 0 saturated heterocycles. The van der Waals surface area contributed by atoms with Gasteiger partial charge in [0.2, 0.25) is 5.89 Å². The predicted octanol–water partition coefficient (Wildman–Crippen LogP) is 3.52. The fourth-order valence-corrected chi connectivity index (χ4v) is 4.78. The number of nitrogens with zero attached hydrogens (tertiary/aromatic N) is 2. The fourth-order valence-electron chi connectivity index (χ4n) is 3.96. The van der Waals surface area contributed by atoms with Crippen LogP contribution in [-0.4, -0.2) is 31.9 Å². The molecule has 0 aliphatic heterocycles. The van der Waals surface area contributed by atoms with E-state index in [-0.39, 0.29) is 10.3 Å². The molecule has 152 valence electrons. The van der Waals surface area contributed by atoms with Crippen LogP contribution < -0.4 is 4.74 Å². The van der Waals surface area contributed by atoms with Crippen LogP contribution in [-0.2, 0) is 34.5 Å². The van der Waals surface area contributed by atoms with Gasteiger partial charge in [0.25, 0.3) is 0 Å². The summed E-state index contributed by atoms with van der Waals surface area (Å²) >= 11 is 0. The van der Waals surface area contributed by atoms with Crippen molar-refractivity contribution in [3.8, 4) is 5.75 Å². The van der Waals surface area contributed by atoms with Crippen molar-refractivity contribution in [1.29, 1.82) is 0 Å². The summed E-state index contributed by atoms with van der Waals surface area (Å²) < 4.78 is 34.6. The number of aryl methyl sites for hydroxylation is 1. The highest BCUT2D eigenvalue weighted by Gasteiger charge is 2.36. The van der Waals surface area contributed by atoms with E-state index in [9.17, 15) is 8.42 Å². The molecule has 4 rings (SSSR count). The maximum absolute atomic E-state index is 11.9. The second kappa shape index (κ2) is 7.30. The average Bonchev–Trinajstić information content (AvgIpc) is 3.16. The third-order valence-corrected chi connectivity index (χ3v) is 6.76. The van der Waals surface area contributed by atoms with Gasteiger partial charge in [0.05, 0.1) is 12.5 Å². The van der Waals surface area contributed by atoms with Gasteiger partial charge in [-0.25, -0.2) is 8.42 Å². The lowest BCUT2D eigenvalue weighted by Gasteiger charge is -2.31. The van der Waals surface area contributed by atoms with Gasteiger partial charge in [0.1, 0.15) is 10.6 Å². The van der Waals surface area contributed by atoms with Gasteiger partial charge in [-0.15, -0.1) is 0 Å². The van der Waals surface area contributed by atoms with Gasteiger partial charge in [0.15, 0.2) is 15.7 Å². The van der Waals surface area contributed by atoms with Crippen LogP contribution in [0, 0.1) is 0 Å². The van der Waals surface area contributed by atoms with Crippen LogP contribution >= 0.6 is 0 Å². The molecule has 3 aromatic rings. The lowest BCUT2D eigenvalue weighted by Crippen LogP contribution is -2.30. The molecule has 0 saturated carbocycles. The van der Waals surface area contributed by atoms with Crippen molar-refractivity contribution >= 4 is 9.84 Å². The Morgan fingerprint density at radius 3 is 2.66 bits per heavy atom. The third kappa shape index (κ3) is 3.92. The van der Waals surface area contributed by atoms with Crippen LogP contribution in [0.2, 0.25) is 0 Å². The standard InChI is InChI=1S/C22H24N2O4S/c1-22(11-10-16-6-4-5-7-17(16)14-22)21-23-20(24-28-21)13-15-8-9-19(29(3,25)26)18(12-15)27-2/h4-9,12H,10-11,13-14H2,1-3H3. The Morgan fingerprint density at radius 1 is 1.17 bits per heavy atom. The van der Waals surface area contributed by atoms with Crippen molar-refractivity contribution in [3.63, 3.8) is 0 Å². The highest BCUT2D eigenvalue weighted by molar-refractivity contribution is 7.90. The molecule has 1 aliphatic carbocycles. The number of hydrogen-bond acceptors (Lipinski definition) is 6. The zero-order chi connectivity index (χ0) is 20.6. The van der Waals surface area contributed by atoms with Crippen LogP contribution in [0.25, 0.3) is 0 Å². The molecule has 6 nitrogen and oxygen atoms in total. The minimum Gasteiger partial charge on any atom is -0.495 e. The molecule has 2 aromatic carbocycles. The first-order valence-corrected chi connectivity index (χ1v) is 11.4. The van der Waals surface area contributed by atoms with E-state index < -0.39 is 9.84 Å². The number of sulfone groups is 1. The SMILES string of the molecule is COc1cc(Cc2noc(C3(C)CCc4ccccc4C3)n2)ccc1S(C)(=O)=O. The highest BCUT2D eigenvalue weighted by Crippen LogP contribution is 2.37. The second-order valence-corrected chi connectivity index (χ2v) is 9.94. The van der Waals surface area contributed by atoms with Crippen LogP contribution in [0.5, 0.6) is 5.75 Å². The van der Waals surface area contributed by atoms with Crippen molar-refractivity contribution < 1.29 is 17.7 Å². The van der Waals surface area contributed by atoms with Crippen LogP contribution in [0.1, 0.15) is 41.8 Å². The molecular formula is C22H24N2O4S. The van der Waals surface area contributed by atoms with Gasteiger partial charge in [-0.1, -0.05) is 42.4 Å². The monoisotopic (exact) mass is 412 g/mol. The van der Waals surface area contributed by atoms with Gasteiger partial charge in [0, 0.05) is 12.7 Å². The number of ether oxygens (including phenoxy) is 1. The Kier molecular flexibility index (Phi) is 4.94. The fraction of sp³-hybridized carbons (Fsp3) is 0.364. The molecule has 1 heterocycles. The number of methoxy groups -OCH3 is 1. The van der Waals surface area contributed by atoms with Crippen molar-refractivity contribution in [2.45, 2.75) is 42.9 Å². The van der Waals surface area contributed by atoms with Crippen LogP contribution in [0.4, 0.5) is 0 Å². The number of aromatic nitrogens is 2. The Hall–Kier alpha value is -2.67. The van der Waals surface area contributed by atoms with E-state index in [4.69, 9.17) is 9.26 Å². The Bertz CT molecular complexity index is 1150. The summed E-state index contributed by atoms with van der Waals surface area (Å²) in [6, 6.07) is 13.5. The van der Waals surface area contributed by atoms with Crippen LogP contribution in [0.3, 0.4) is 0 Å². The van der Waals surface area contributed by atoms with Gasteiger partial charge >= 0.3 is 0 Å². The average molecular weight is 413 g/mol. The predicted molar refractivity (Wildman–Crippen MR) is 109 cm³/mol. The van der Waals surface area contributed by atoms with Crippen molar-refractivity contribution in [2.24, 2.45) is 0 Å². The minimum absolute atomic E-state index is 0.172. The largest absolute Gasteiger partial charge is 0.495 e. The number of hydrogen-bond donors (Lipinski definition) is 0. The van der Waals surface area contributed by atoms with Crippen molar-refractivity contribution in [2.75, 3.05) is 13.4 Å². The van der Waals surface area contributed by atoms with Gasteiger partial charge in [-0.3, -0.25) is 0 Å². The lowest BCUT2D eigenvalue weighted by atomic mass is 9.73. The van der Waals surface area contributed by atoms with E-state index in [1.54, 1.807) is 18.2 Å². The van der Waals surface area contributed by atoms with E-state index in [2.05, 4.69) is 41.3 Å². The normalized spacial score (nSPS) is 19.0. The van der Waals surface area contributed by atoms with E-state index in [0.29, 0.717) is 23.9 Å². The summed E-state index contributed by atoms with van der Waals surface area (Å²) in [6.07, 6.45) is 4.44. The summed E-state index contributed by atoms with van der Waals surface area (Å²) in [5, 5.41) is 4.17. The third-order valence-electron chi connectivity index (χ3n) is 5.62. The molecule has 7 heteroatoms. The van der Waals surface area contributed by atoms with Gasteiger partial charge in [-0.05, 0) is 48.1 Å². The number of benzene rings is 2. The molecule has 1 aromatic heterocycles. The zero-order valence-corrected chi connectivity index (χ0v) is 17.6. The van der Waals surface area contributed by atoms with Crippen molar-refractivity contribution in [1.82, 2.24) is 10.1 Å². The summed E-state index contributed by atoms with van der Waals surface area (Å²) in [4.78, 5) is 4.84. The quantitative estimate of drug-likeness (QED) is 0.638. The lowest BCUT2D eigenvalue weighted by molar-refractivity contribution is 0.269. The molecule has 1 aliphatic rings. The zero-order valence-electron chi connectivity index (χ0n) is 16.8. The maximum Gasteiger partial charge on any atom is 0.232 e. The summed E-state index contributed by atoms with van der Waals surface area (Å²) in [6.45, 7) is 2.17. The van der Waals surface area contributed by atoms with E-state index >= 15 is 0 Å². The van der Waals surface area contributed by atoms with Gasteiger partial charge in [-0.2, -0.15) is 4.98 Å². The molecule has 0 amide bonds. The summed E-state index contributed by atoms with van der Waals surface area (Å²) in [5.74, 6) is 1.56. The van der Waals surface area contributed by atoms with Gasteiger partial charge < -0.3 is 9.26 Å². The van der Waals surface area contributed by atoms with Crippen molar-refractivity contribution in [3.05, 3.63) is 70.9 Å². The molecule has 0 spiro atoms. The molecule has 1 unspecified atom stereocenters. The number of fused-ring (bicyclic) bond motifs is 1. The molecular weight excluding hydrogens is 388 g/mol. The smallest absolute Gasteiger partial charge is 0.232 e. The molecule has 0 bridgehead atoms.